The van der Waals surface area contributed by atoms with E-state index in [4.69, 9.17) is 4.98 Å². The normalized spacial score (nSPS) is 16.7. The van der Waals surface area contributed by atoms with Crippen LogP contribution in [0.15, 0.2) is 24.4 Å². The molecule has 7 nitrogen and oxygen atoms in total. The molecule has 7 heteroatoms. The van der Waals surface area contributed by atoms with Gasteiger partial charge in [0.1, 0.15) is 5.82 Å². The highest BCUT2D eigenvalue weighted by atomic mass is 15.4. The van der Waals surface area contributed by atoms with Crippen molar-refractivity contribution in [3.05, 3.63) is 47.4 Å². The molecule has 0 aliphatic carbocycles. The molecular weight excluding hydrogens is 338 g/mol. The molecule has 0 saturated heterocycles. The minimum atomic E-state index is 0.274. The van der Waals surface area contributed by atoms with Gasteiger partial charge in [-0.05, 0) is 39.0 Å². The van der Waals surface area contributed by atoms with E-state index in [-0.39, 0.29) is 6.04 Å². The summed E-state index contributed by atoms with van der Waals surface area (Å²) < 4.78 is 2.26. The van der Waals surface area contributed by atoms with Gasteiger partial charge >= 0.3 is 0 Å². The quantitative estimate of drug-likeness (QED) is 0.710. The third-order valence-electron chi connectivity index (χ3n) is 4.99. The van der Waals surface area contributed by atoms with Crippen LogP contribution in [-0.2, 0) is 6.54 Å². The lowest BCUT2D eigenvalue weighted by atomic mass is 10.1. The maximum absolute atomic E-state index is 4.82. The molecule has 0 aromatic carbocycles. The summed E-state index contributed by atoms with van der Waals surface area (Å²) >= 11 is 0. The van der Waals surface area contributed by atoms with Crippen LogP contribution < -0.4 is 4.90 Å². The smallest absolute Gasteiger partial charge is 0.226 e. The average Bonchev–Trinajstić information content (AvgIpc) is 3.07. The van der Waals surface area contributed by atoms with Crippen molar-refractivity contribution in [1.29, 1.82) is 0 Å². The van der Waals surface area contributed by atoms with Crippen LogP contribution in [0.4, 0.5) is 5.95 Å². The molecule has 0 fully saturated rings. The summed E-state index contributed by atoms with van der Waals surface area (Å²) in [5.74, 6) is 3.10. The number of fused-ring (bicyclic) bond motifs is 1. The number of hydrogen-bond donors (Lipinski definition) is 0. The average molecular weight is 363 g/mol. The Bertz CT molecular complexity index is 976. The van der Waals surface area contributed by atoms with Crippen molar-refractivity contribution < 1.29 is 0 Å². The lowest BCUT2D eigenvalue weighted by Gasteiger charge is -2.33. The molecule has 140 valence electrons. The SMILES string of the molecule is Cc1ccc(-c2ccnc(N3Cc4nnc(C(C)C)n4[C@@H](C)C3)n2)c(C)n1. The highest BCUT2D eigenvalue weighted by molar-refractivity contribution is 5.62. The second-order valence-corrected chi connectivity index (χ2v) is 7.56. The fourth-order valence-corrected chi connectivity index (χ4v) is 3.72. The molecule has 0 radical (unpaired) electrons. The minimum Gasteiger partial charge on any atom is -0.331 e. The molecular formula is C20H25N7. The summed E-state index contributed by atoms with van der Waals surface area (Å²) in [5, 5.41) is 8.81. The van der Waals surface area contributed by atoms with Crippen LogP contribution in [0.25, 0.3) is 11.3 Å². The summed E-state index contributed by atoms with van der Waals surface area (Å²) in [6.07, 6.45) is 1.82. The van der Waals surface area contributed by atoms with E-state index < -0.39 is 0 Å². The monoisotopic (exact) mass is 363 g/mol. The van der Waals surface area contributed by atoms with Crippen LogP contribution in [0.1, 0.15) is 55.8 Å². The topological polar surface area (TPSA) is 72.6 Å². The van der Waals surface area contributed by atoms with Crippen molar-refractivity contribution in [2.45, 2.75) is 53.1 Å². The summed E-state index contributed by atoms with van der Waals surface area (Å²) in [7, 11) is 0. The van der Waals surface area contributed by atoms with Gasteiger partial charge in [0.15, 0.2) is 5.82 Å². The number of pyridine rings is 1. The zero-order chi connectivity index (χ0) is 19.1. The molecule has 1 aliphatic heterocycles. The summed E-state index contributed by atoms with van der Waals surface area (Å²) in [6.45, 7) is 12.0. The van der Waals surface area contributed by atoms with Gasteiger partial charge in [0.25, 0.3) is 0 Å². The maximum Gasteiger partial charge on any atom is 0.226 e. The first-order valence-corrected chi connectivity index (χ1v) is 9.40. The Morgan fingerprint density at radius 3 is 2.63 bits per heavy atom. The van der Waals surface area contributed by atoms with Gasteiger partial charge in [-0.1, -0.05) is 13.8 Å². The van der Waals surface area contributed by atoms with Gasteiger partial charge in [0.05, 0.1) is 18.3 Å². The zero-order valence-corrected chi connectivity index (χ0v) is 16.5. The fraction of sp³-hybridized carbons (Fsp3) is 0.450. The molecule has 0 bridgehead atoms. The Morgan fingerprint density at radius 2 is 1.89 bits per heavy atom. The van der Waals surface area contributed by atoms with Crippen LogP contribution in [0.3, 0.4) is 0 Å². The number of nitrogens with zero attached hydrogens (tertiary/aromatic N) is 7. The lowest BCUT2D eigenvalue weighted by molar-refractivity contribution is 0.439. The molecule has 1 atom stereocenters. The standard InChI is InChI=1S/C20H25N7/c1-12(2)19-25-24-18-11-26(10-14(4)27(18)19)20-21-9-8-17(23-20)16-7-6-13(3)22-15(16)5/h6-9,12,14H,10-11H2,1-5H3/t14-/m0/s1. The van der Waals surface area contributed by atoms with E-state index in [0.717, 1.165) is 46.8 Å². The Kier molecular flexibility index (Phi) is 4.37. The summed E-state index contributed by atoms with van der Waals surface area (Å²) in [5.41, 5.74) is 3.93. The zero-order valence-electron chi connectivity index (χ0n) is 16.5. The second-order valence-electron chi connectivity index (χ2n) is 7.56. The third kappa shape index (κ3) is 3.18. The van der Waals surface area contributed by atoms with E-state index in [0.29, 0.717) is 12.5 Å². The van der Waals surface area contributed by atoms with Crippen molar-refractivity contribution in [2.24, 2.45) is 0 Å². The second kappa shape index (κ2) is 6.72. The Morgan fingerprint density at radius 1 is 1.07 bits per heavy atom. The van der Waals surface area contributed by atoms with E-state index in [1.54, 1.807) is 0 Å². The predicted octanol–water partition coefficient (Wildman–Crippen LogP) is 3.45. The molecule has 0 saturated carbocycles. The minimum absolute atomic E-state index is 0.274. The third-order valence-corrected chi connectivity index (χ3v) is 4.99. The van der Waals surface area contributed by atoms with E-state index >= 15 is 0 Å². The first-order valence-electron chi connectivity index (χ1n) is 9.40. The number of aromatic nitrogens is 6. The predicted molar refractivity (Wildman–Crippen MR) is 105 cm³/mol. The van der Waals surface area contributed by atoms with Crippen molar-refractivity contribution in [3.8, 4) is 11.3 Å². The Balaban J connectivity index is 1.67. The van der Waals surface area contributed by atoms with Crippen LogP contribution in [0.5, 0.6) is 0 Å². The summed E-state index contributed by atoms with van der Waals surface area (Å²) in [6, 6.07) is 6.31. The van der Waals surface area contributed by atoms with E-state index in [1.165, 1.54) is 0 Å². The van der Waals surface area contributed by atoms with Gasteiger partial charge in [-0.25, -0.2) is 9.97 Å². The highest BCUT2D eigenvalue weighted by Gasteiger charge is 2.28. The number of rotatable bonds is 3. The molecule has 3 aromatic rings. The Hall–Kier alpha value is -2.83. The van der Waals surface area contributed by atoms with Crippen LogP contribution >= 0.6 is 0 Å². The van der Waals surface area contributed by atoms with Crippen molar-refractivity contribution >= 4 is 5.95 Å². The Labute approximate surface area is 159 Å². The molecule has 0 spiro atoms. The van der Waals surface area contributed by atoms with Gasteiger partial charge in [0.2, 0.25) is 5.95 Å². The number of anilines is 1. The largest absolute Gasteiger partial charge is 0.331 e. The first kappa shape index (κ1) is 17.6. The molecule has 4 heterocycles. The molecule has 0 unspecified atom stereocenters. The van der Waals surface area contributed by atoms with Gasteiger partial charge in [-0.2, -0.15) is 0 Å². The van der Waals surface area contributed by atoms with Gasteiger partial charge in [0, 0.05) is 35.6 Å². The van der Waals surface area contributed by atoms with Crippen molar-refractivity contribution in [3.63, 3.8) is 0 Å². The van der Waals surface area contributed by atoms with E-state index in [1.807, 2.05) is 32.2 Å². The van der Waals surface area contributed by atoms with Crippen molar-refractivity contribution in [2.75, 3.05) is 11.4 Å². The molecule has 0 amide bonds. The van der Waals surface area contributed by atoms with Crippen LogP contribution in [-0.4, -0.2) is 36.3 Å². The maximum atomic E-state index is 4.82. The first-order chi connectivity index (χ1) is 12.9. The molecule has 1 aliphatic rings. The molecule has 27 heavy (non-hydrogen) atoms. The summed E-state index contributed by atoms with van der Waals surface area (Å²) in [4.78, 5) is 16.1. The fourth-order valence-electron chi connectivity index (χ4n) is 3.72. The van der Waals surface area contributed by atoms with Crippen molar-refractivity contribution in [1.82, 2.24) is 29.7 Å². The van der Waals surface area contributed by atoms with Gasteiger partial charge in [-0.3, -0.25) is 4.98 Å². The molecule has 0 N–H and O–H groups in total. The molecule has 3 aromatic heterocycles. The van der Waals surface area contributed by atoms with E-state index in [2.05, 4.69) is 56.5 Å². The van der Waals surface area contributed by atoms with Gasteiger partial charge < -0.3 is 9.47 Å². The highest BCUT2D eigenvalue weighted by Crippen LogP contribution is 2.28. The van der Waals surface area contributed by atoms with Crippen LogP contribution in [0, 0.1) is 13.8 Å². The number of hydrogen-bond acceptors (Lipinski definition) is 6. The molecule has 4 rings (SSSR count). The lowest BCUT2D eigenvalue weighted by Crippen LogP contribution is -2.38. The van der Waals surface area contributed by atoms with Gasteiger partial charge in [-0.15, -0.1) is 10.2 Å². The van der Waals surface area contributed by atoms with Crippen LogP contribution in [0.2, 0.25) is 0 Å². The van der Waals surface area contributed by atoms with E-state index in [9.17, 15) is 0 Å². The number of aryl methyl sites for hydroxylation is 2.